The molecule has 3 heteroatoms. The molecule has 0 saturated heterocycles. The number of rotatable bonds is 4. The lowest BCUT2D eigenvalue weighted by molar-refractivity contribution is 0.632. The molecule has 1 aliphatic carbocycles. The first-order valence-corrected chi connectivity index (χ1v) is 21.9. The Hall–Kier alpha value is -7.36. The Morgan fingerprint density at radius 1 is 0.452 bits per heavy atom. The van der Waals surface area contributed by atoms with Gasteiger partial charge >= 0.3 is 0 Å². The number of nitrogens with one attached hydrogen (secondary N) is 1. The zero-order valence-electron chi connectivity index (χ0n) is 35.5. The van der Waals surface area contributed by atoms with Crippen molar-refractivity contribution in [3.05, 3.63) is 227 Å². The van der Waals surface area contributed by atoms with Gasteiger partial charge in [-0.3, -0.25) is 0 Å². The van der Waals surface area contributed by atoms with E-state index in [4.69, 9.17) is 0 Å². The summed E-state index contributed by atoms with van der Waals surface area (Å²) in [4.78, 5) is 4.94. The van der Waals surface area contributed by atoms with Crippen molar-refractivity contribution in [3.8, 4) is 22.3 Å². The monoisotopic (exact) mass is 797 g/mol. The minimum absolute atomic E-state index is 0.0684. The normalized spacial score (nSPS) is 17.2. The molecule has 3 aliphatic heterocycles. The van der Waals surface area contributed by atoms with E-state index in [9.17, 15) is 0 Å². The van der Waals surface area contributed by atoms with E-state index in [1.807, 2.05) is 0 Å². The van der Waals surface area contributed by atoms with Gasteiger partial charge in [0, 0.05) is 33.6 Å². The van der Waals surface area contributed by atoms with Crippen LogP contribution in [0.3, 0.4) is 0 Å². The Morgan fingerprint density at radius 3 is 1.48 bits per heavy atom. The molecule has 0 amide bonds. The molecule has 298 valence electrons. The number of nitrogens with zero attached hydrogens (tertiary/aromatic N) is 2. The van der Waals surface area contributed by atoms with Crippen LogP contribution in [0.4, 0.5) is 34.1 Å². The highest BCUT2D eigenvalue weighted by atomic mass is 15.2. The van der Waals surface area contributed by atoms with Crippen molar-refractivity contribution in [1.82, 2.24) is 5.32 Å². The van der Waals surface area contributed by atoms with Crippen molar-refractivity contribution < 1.29 is 0 Å². The van der Waals surface area contributed by atoms with Gasteiger partial charge < -0.3 is 15.1 Å². The van der Waals surface area contributed by atoms with Crippen molar-refractivity contribution in [2.75, 3.05) is 9.80 Å². The third-order valence-corrected chi connectivity index (χ3v) is 14.0. The number of allylic oxidation sites excluding steroid dienone is 2. The SMILES string of the molecule is CC1(C)c2ccccc2N(c2ccccc2)c2cc(-c3c4c(c(-c5ccc6c(c5)N(c5ccccc5)c5ccccc5C6(C)C)c5ccccc35)=C3C=CC=CC3NC=4)ccc21. The molecule has 0 saturated carbocycles. The van der Waals surface area contributed by atoms with Crippen molar-refractivity contribution in [2.24, 2.45) is 0 Å². The van der Waals surface area contributed by atoms with Crippen LogP contribution in [0.25, 0.3) is 44.8 Å². The maximum atomic E-state index is 3.84. The Labute approximate surface area is 363 Å². The minimum Gasteiger partial charge on any atom is -0.380 e. The number of hydrogen-bond donors (Lipinski definition) is 1. The maximum absolute atomic E-state index is 3.84. The van der Waals surface area contributed by atoms with Crippen LogP contribution in [-0.2, 0) is 10.8 Å². The van der Waals surface area contributed by atoms with E-state index in [-0.39, 0.29) is 16.9 Å². The van der Waals surface area contributed by atoms with E-state index in [1.165, 1.54) is 94.0 Å². The van der Waals surface area contributed by atoms with Crippen LogP contribution in [-0.4, -0.2) is 6.04 Å². The predicted octanol–water partition coefficient (Wildman–Crippen LogP) is 13.4. The Morgan fingerprint density at radius 2 is 0.919 bits per heavy atom. The van der Waals surface area contributed by atoms with Gasteiger partial charge in [-0.15, -0.1) is 0 Å². The molecule has 0 spiro atoms. The third kappa shape index (κ3) is 5.24. The first-order chi connectivity index (χ1) is 30.3. The molecule has 0 fully saturated rings. The molecular weight excluding hydrogens is 751 g/mol. The lowest BCUT2D eigenvalue weighted by Gasteiger charge is -2.42. The summed E-state index contributed by atoms with van der Waals surface area (Å²) in [7, 11) is 0. The van der Waals surface area contributed by atoms with E-state index in [0.29, 0.717) is 0 Å². The van der Waals surface area contributed by atoms with E-state index in [2.05, 4.69) is 243 Å². The molecule has 0 aromatic heterocycles. The second-order valence-electron chi connectivity index (χ2n) is 18.2. The smallest absolute Gasteiger partial charge is 0.0702 e. The van der Waals surface area contributed by atoms with Gasteiger partial charge in [-0.25, -0.2) is 0 Å². The minimum atomic E-state index is -0.190. The molecule has 3 heterocycles. The molecule has 1 N–H and O–H groups in total. The second kappa shape index (κ2) is 13.6. The van der Waals surface area contributed by atoms with Crippen LogP contribution < -0.4 is 25.6 Å². The van der Waals surface area contributed by atoms with Gasteiger partial charge in [-0.05, 0) is 115 Å². The fraction of sp³-hybridized carbons (Fsp3) is 0.119. The summed E-state index contributed by atoms with van der Waals surface area (Å²) in [5.41, 5.74) is 18.3. The summed E-state index contributed by atoms with van der Waals surface area (Å²) in [5, 5.41) is 8.82. The molecule has 1 unspecified atom stereocenters. The van der Waals surface area contributed by atoms with Gasteiger partial charge in [0.15, 0.2) is 0 Å². The lowest BCUT2D eigenvalue weighted by atomic mass is 9.72. The molecule has 1 atom stereocenters. The van der Waals surface area contributed by atoms with E-state index >= 15 is 0 Å². The van der Waals surface area contributed by atoms with Gasteiger partial charge in [0.1, 0.15) is 0 Å². The summed E-state index contributed by atoms with van der Waals surface area (Å²) >= 11 is 0. The fourth-order valence-electron chi connectivity index (χ4n) is 11.1. The molecule has 62 heavy (non-hydrogen) atoms. The number of fused-ring (bicyclic) bond motifs is 7. The third-order valence-electron chi connectivity index (χ3n) is 14.0. The van der Waals surface area contributed by atoms with Gasteiger partial charge in [-0.1, -0.05) is 173 Å². The van der Waals surface area contributed by atoms with Crippen molar-refractivity contribution in [3.63, 3.8) is 0 Å². The Balaban J connectivity index is 1.15. The van der Waals surface area contributed by atoms with Crippen LogP contribution in [0.5, 0.6) is 0 Å². The van der Waals surface area contributed by atoms with Crippen LogP contribution in [0, 0.1) is 0 Å². The van der Waals surface area contributed by atoms with Gasteiger partial charge in [0.2, 0.25) is 0 Å². The number of para-hydroxylation sites is 4. The molecule has 8 aromatic rings. The predicted molar refractivity (Wildman–Crippen MR) is 261 cm³/mol. The molecule has 4 aliphatic rings. The summed E-state index contributed by atoms with van der Waals surface area (Å²) in [6.45, 7) is 9.48. The highest BCUT2D eigenvalue weighted by molar-refractivity contribution is 6.08. The Kier molecular flexibility index (Phi) is 7.99. The number of benzene rings is 8. The maximum Gasteiger partial charge on any atom is 0.0702 e. The first kappa shape index (κ1) is 36.5. The van der Waals surface area contributed by atoms with E-state index < -0.39 is 0 Å². The molecule has 8 aromatic carbocycles. The summed E-state index contributed by atoms with van der Waals surface area (Å²) in [5.74, 6) is 0. The Bertz CT molecular complexity index is 3340. The van der Waals surface area contributed by atoms with Gasteiger partial charge in [0.05, 0.1) is 28.8 Å². The second-order valence-corrected chi connectivity index (χ2v) is 18.2. The van der Waals surface area contributed by atoms with E-state index in [0.717, 1.165) is 11.4 Å². The summed E-state index contributed by atoms with van der Waals surface area (Å²) < 4.78 is 0. The molecule has 0 bridgehead atoms. The average Bonchev–Trinajstić information content (AvgIpc) is 3.31. The van der Waals surface area contributed by atoms with Gasteiger partial charge in [0.25, 0.3) is 0 Å². The van der Waals surface area contributed by atoms with Crippen LogP contribution in [0.2, 0.25) is 0 Å². The quantitative estimate of drug-likeness (QED) is 0.191. The molecule has 12 rings (SSSR count). The fourth-order valence-corrected chi connectivity index (χ4v) is 11.1. The number of hydrogen-bond acceptors (Lipinski definition) is 3. The lowest BCUT2D eigenvalue weighted by Crippen LogP contribution is -2.44. The van der Waals surface area contributed by atoms with Crippen LogP contribution >= 0.6 is 0 Å². The zero-order valence-corrected chi connectivity index (χ0v) is 35.5. The highest BCUT2D eigenvalue weighted by Gasteiger charge is 2.39. The van der Waals surface area contributed by atoms with Gasteiger partial charge in [-0.2, -0.15) is 0 Å². The average molecular weight is 798 g/mol. The standard InChI is InChI=1S/C59H47N3/c1-58(2)46-26-14-17-29-51(46)61(40-19-7-5-8-20-40)53-35-38(31-33-48(53)58)55-42-23-11-12-24-43(42)56(57-44-25-13-16-28-50(44)60-37-45(55)57)39-32-34-49-54(36-39)62(41-21-9-6-10-22-41)52-30-18-15-27-47(52)59(49,3)4/h5-37,50,60H,1-4H3. The summed E-state index contributed by atoms with van der Waals surface area (Å²) in [6, 6.07) is 63.2. The number of anilines is 6. The van der Waals surface area contributed by atoms with Crippen molar-refractivity contribution in [2.45, 2.75) is 44.6 Å². The topological polar surface area (TPSA) is 18.5 Å². The molecule has 0 radical (unpaired) electrons. The van der Waals surface area contributed by atoms with Crippen LogP contribution in [0.15, 0.2) is 194 Å². The largest absolute Gasteiger partial charge is 0.380 e. The molecule has 3 nitrogen and oxygen atoms in total. The van der Waals surface area contributed by atoms with E-state index in [1.54, 1.807) is 0 Å². The molecular formula is C59H47N3. The van der Waals surface area contributed by atoms with Crippen LogP contribution in [0.1, 0.15) is 49.9 Å². The van der Waals surface area contributed by atoms with Crippen molar-refractivity contribution >= 4 is 56.7 Å². The van der Waals surface area contributed by atoms with Crippen molar-refractivity contribution in [1.29, 1.82) is 0 Å². The summed E-state index contributed by atoms with van der Waals surface area (Å²) in [6.07, 6.45) is 11.3. The highest BCUT2D eigenvalue weighted by Crippen LogP contribution is 2.54. The first-order valence-electron chi connectivity index (χ1n) is 21.9. The zero-order chi connectivity index (χ0) is 41.7.